The normalized spacial score (nSPS) is 13.4. The molecule has 0 spiro atoms. The average Bonchev–Trinajstić information content (AvgIpc) is 3.69. The lowest BCUT2D eigenvalue weighted by Crippen LogP contribution is -2.11. The molecule has 0 N–H and O–H groups in total. The van der Waals surface area contributed by atoms with Crippen molar-refractivity contribution in [1.29, 1.82) is 0 Å². The summed E-state index contributed by atoms with van der Waals surface area (Å²) in [5, 5.41) is 7.36. The van der Waals surface area contributed by atoms with Crippen molar-refractivity contribution < 1.29 is 4.42 Å². The number of anilines is 3. The van der Waals surface area contributed by atoms with Crippen LogP contribution in [-0.2, 0) is 6.42 Å². The first-order valence-electron chi connectivity index (χ1n) is 23.4. The molecule has 1 heterocycles. The first kappa shape index (κ1) is 39.0. The number of hydrogen-bond acceptors (Lipinski definition) is 2. The van der Waals surface area contributed by atoms with E-state index < -0.39 is 0 Å². The van der Waals surface area contributed by atoms with Gasteiger partial charge in [0.2, 0.25) is 0 Å². The highest BCUT2D eigenvalue weighted by Crippen LogP contribution is 2.52. The molecule has 2 heteroatoms. The number of aryl methyl sites for hydroxylation is 1. The van der Waals surface area contributed by atoms with E-state index in [1.807, 2.05) is 0 Å². The van der Waals surface area contributed by atoms with Crippen LogP contribution in [-0.4, -0.2) is 0 Å². The standard InChI is InChI=1S/C65H45NO/c1-3-17-43(18-4-1)44-31-36-49(37-32-44)66(60-29-15-13-23-53(60)45-19-5-2-6-20-45)50-38-33-46(34-39-50)52-40-35-48-42-62-64(58-28-14-16-30-61(58)67-62)65(63(48)57-27-12-11-25-55(52)57)59-41-47-21-7-8-22-51(47)54-24-9-10-26-56(54)59/h1-34,36-39,41-42,52H,35,40H2. The van der Waals surface area contributed by atoms with E-state index in [9.17, 15) is 0 Å². The van der Waals surface area contributed by atoms with Crippen molar-refractivity contribution in [3.63, 3.8) is 0 Å². The van der Waals surface area contributed by atoms with E-state index in [-0.39, 0.29) is 5.92 Å². The second-order valence-corrected chi connectivity index (χ2v) is 17.8. The van der Waals surface area contributed by atoms with E-state index >= 15 is 0 Å². The molecule has 1 aliphatic carbocycles. The van der Waals surface area contributed by atoms with Gasteiger partial charge in [0.25, 0.3) is 0 Å². The van der Waals surface area contributed by atoms with Crippen molar-refractivity contribution in [2.45, 2.75) is 18.8 Å². The lowest BCUT2D eigenvalue weighted by molar-refractivity contribution is 0.667. The number of furan rings is 1. The maximum absolute atomic E-state index is 6.79. The first-order chi connectivity index (χ1) is 33.2. The van der Waals surface area contributed by atoms with E-state index in [2.05, 4.69) is 248 Å². The molecule has 1 aromatic heterocycles. The Hall–Kier alpha value is -8.46. The number of nitrogens with zero attached hydrogens (tertiary/aromatic N) is 1. The third kappa shape index (κ3) is 6.64. The van der Waals surface area contributed by atoms with Crippen molar-refractivity contribution in [1.82, 2.24) is 0 Å². The third-order valence-electron chi connectivity index (χ3n) is 14.1. The molecule has 316 valence electrons. The van der Waals surface area contributed by atoms with Crippen LogP contribution in [0.4, 0.5) is 17.1 Å². The van der Waals surface area contributed by atoms with E-state index in [4.69, 9.17) is 4.42 Å². The minimum absolute atomic E-state index is 0.178. The van der Waals surface area contributed by atoms with Gasteiger partial charge in [0.1, 0.15) is 11.2 Å². The molecule has 1 aliphatic rings. The van der Waals surface area contributed by atoms with Gasteiger partial charge in [-0.25, -0.2) is 0 Å². The van der Waals surface area contributed by atoms with Gasteiger partial charge in [-0.1, -0.05) is 194 Å². The van der Waals surface area contributed by atoms with Crippen molar-refractivity contribution in [3.8, 4) is 44.5 Å². The van der Waals surface area contributed by atoms with Crippen molar-refractivity contribution >= 4 is 60.5 Å². The van der Waals surface area contributed by atoms with E-state index in [1.165, 1.54) is 88.1 Å². The zero-order valence-electron chi connectivity index (χ0n) is 36.9. The Morgan fingerprint density at radius 1 is 0.388 bits per heavy atom. The summed E-state index contributed by atoms with van der Waals surface area (Å²) < 4.78 is 6.79. The number of fused-ring (bicyclic) bond motifs is 9. The molecule has 1 atom stereocenters. The molecule has 0 aliphatic heterocycles. The smallest absolute Gasteiger partial charge is 0.136 e. The van der Waals surface area contributed by atoms with Crippen LogP contribution in [0.15, 0.2) is 247 Å². The third-order valence-corrected chi connectivity index (χ3v) is 14.1. The minimum atomic E-state index is 0.178. The molecule has 0 bridgehead atoms. The van der Waals surface area contributed by atoms with Crippen molar-refractivity contribution in [2.24, 2.45) is 0 Å². The van der Waals surface area contributed by atoms with Crippen LogP contribution in [0.25, 0.3) is 88.0 Å². The first-order valence-corrected chi connectivity index (χ1v) is 23.4. The Bertz CT molecular complexity index is 3790. The molecule has 0 amide bonds. The van der Waals surface area contributed by atoms with Crippen LogP contribution in [0, 0.1) is 0 Å². The summed E-state index contributed by atoms with van der Waals surface area (Å²) in [6, 6.07) is 88.8. The van der Waals surface area contributed by atoms with Crippen molar-refractivity contribution in [2.75, 3.05) is 4.90 Å². The van der Waals surface area contributed by atoms with Crippen LogP contribution in [0.5, 0.6) is 0 Å². The fraction of sp³-hybridized carbons (Fsp3) is 0.0462. The molecule has 2 nitrogen and oxygen atoms in total. The average molecular weight is 856 g/mol. The van der Waals surface area contributed by atoms with Gasteiger partial charge in [-0.05, 0) is 133 Å². The van der Waals surface area contributed by atoms with Gasteiger partial charge in [0.15, 0.2) is 0 Å². The highest BCUT2D eigenvalue weighted by Gasteiger charge is 2.30. The minimum Gasteiger partial charge on any atom is -0.456 e. The SMILES string of the molecule is c1ccc(-c2ccc(N(c3ccc(C4CCc5cc6oc7ccccc7c6c(-c6cc7ccccc7c7ccccc67)c5-c5ccccc54)cc3)c3ccccc3-c3ccccc3)cc2)cc1. The Morgan fingerprint density at radius 2 is 0.970 bits per heavy atom. The second-order valence-electron chi connectivity index (χ2n) is 17.8. The Kier molecular flexibility index (Phi) is 9.42. The number of rotatable bonds is 7. The summed E-state index contributed by atoms with van der Waals surface area (Å²) in [6.45, 7) is 0. The van der Waals surface area contributed by atoms with Gasteiger partial charge in [-0.2, -0.15) is 0 Å². The molecule has 11 aromatic carbocycles. The lowest BCUT2D eigenvalue weighted by atomic mass is 9.82. The summed E-state index contributed by atoms with van der Waals surface area (Å²) in [5.41, 5.74) is 19.1. The summed E-state index contributed by atoms with van der Waals surface area (Å²) in [5.74, 6) is 0.178. The molecule has 12 aromatic rings. The van der Waals surface area contributed by atoms with Crippen LogP contribution in [0.1, 0.15) is 29.0 Å². The molecule has 0 radical (unpaired) electrons. The maximum atomic E-state index is 6.79. The lowest BCUT2D eigenvalue weighted by Gasteiger charge is -2.29. The van der Waals surface area contributed by atoms with Gasteiger partial charge in [-0.3, -0.25) is 0 Å². The maximum Gasteiger partial charge on any atom is 0.136 e. The van der Waals surface area contributed by atoms with E-state index in [0.29, 0.717) is 0 Å². The summed E-state index contributed by atoms with van der Waals surface area (Å²) >= 11 is 0. The number of para-hydroxylation sites is 2. The van der Waals surface area contributed by atoms with Gasteiger partial charge in [0.05, 0.1) is 5.69 Å². The topological polar surface area (TPSA) is 16.4 Å². The van der Waals surface area contributed by atoms with E-state index in [1.54, 1.807) is 0 Å². The fourth-order valence-corrected chi connectivity index (χ4v) is 11.1. The summed E-state index contributed by atoms with van der Waals surface area (Å²) in [4.78, 5) is 2.41. The van der Waals surface area contributed by atoms with Gasteiger partial charge < -0.3 is 9.32 Å². The summed E-state index contributed by atoms with van der Waals surface area (Å²) in [7, 11) is 0. The molecule has 67 heavy (non-hydrogen) atoms. The van der Waals surface area contributed by atoms with Crippen LogP contribution in [0.3, 0.4) is 0 Å². The molecule has 13 rings (SSSR count). The quantitative estimate of drug-likeness (QED) is 0.149. The monoisotopic (exact) mass is 855 g/mol. The highest BCUT2D eigenvalue weighted by molar-refractivity contribution is 6.23. The predicted molar refractivity (Wildman–Crippen MR) is 282 cm³/mol. The van der Waals surface area contributed by atoms with Gasteiger partial charge in [-0.15, -0.1) is 0 Å². The largest absolute Gasteiger partial charge is 0.456 e. The zero-order chi connectivity index (χ0) is 44.3. The molecule has 0 fully saturated rings. The molecule has 0 saturated carbocycles. The van der Waals surface area contributed by atoms with Gasteiger partial charge in [0, 0.05) is 39.2 Å². The number of hydrogen-bond donors (Lipinski definition) is 0. The molecular formula is C65H45NO. The zero-order valence-corrected chi connectivity index (χ0v) is 36.9. The van der Waals surface area contributed by atoms with Crippen LogP contribution >= 0.6 is 0 Å². The number of benzene rings is 11. The second kappa shape index (κ2) is 16.2. The van der Waals surface area contributed by atoms with Crippen LogP contribution in [0.2, 0.25) is 0 Å². The van der Waals surface area contributed by atoms with Gasteiger partial charge >= 0.3 is 0 Å². The highest BCUT2D eigenvalue weighted by atomic mass is 16.3. The Morgan fingerprint density at radius 3 is 1.75 bits per heavy atom. The van der Waals surface area contributed by atoms with Crippen molar-refractivity contribution in [3.05, 3.63) is 259 Å². The molecule has 1 unspecified atom stereocenters. The Balaban J connectivity index is 0.970. The van der Waals surface area contributed by atoms with E-state index in [0.717, 1.165) is 46.5 Å². The predicted octanol–water partition coefficient (Wildman–Crippen LogP) is 18.1. The molecule has 0 saturated heterocycles. The summed E-state index contributed by atoms with van der Waals surface area (Å²) in [6.07, 6.45) is 1.88. The molecular weight excluding hydrogens is 811 g/mol. The Labute approximate surface area is 390 Å². The van der Waals surface area contributed by atoms with Crippen LogP contribution < -0.4 is 4.90 Å². The fourth-order valence-electron chi connectivity index (χ4n) is 11.1.